The second-order valence-corrected chi connectivity index (χ2v) is 5.67. The van der Waals surface area contributed by atoms with Crippen molar-refractivity contribution in [1.29, 1.82) is 0 Å². The average molecular weight is 395 g/mol. The number of ether oxygens (including phenoxy) is 3. The maximum atomic E-state index is 12.4. The molecule has 1 amide bonds. The second-order valence-electron chi connectivity index (χ2n) is 4.81. The molecule has 2 rings (SSSR count). The molecule has 1 aromatic carbocycles. The highest BCUT2D eigenvalue weighted by Gasteiger charge is 2.15. The molecule has 0 bridgehead atoms. The molecular formula is C17H19BrN2O4. The van der Waals surface area contributed by atoms with Crippen LogP contribution in [0.1, 0.15) is 22.8 Å². The predicted octanol–water partition coefficient (Wildman–Crippen LogP) is 3.19. The number of nitrogens with zero attached hydrogens (tertiary/aromatic N) is 1. The largest absolute Gasteiger partial charge is 0.493 e. The molecule has 0 aliphatic carbocycles. The molecule has 0 saturated heterocycles. The quantitative estimate of drug-likeness (QED) is 0.780. The molecule has 128 valence electrons. The van der Waals surface area contributed by atoms with E-state index in [1.807, 2.05) is 13.0 Å². The van der Waals surface area contributed by atoms with E-state index < -0.39 is 0 Å². The summed E-state index contributed by atoms with van der Waals surface area (Å²) >= 11 is 3.41. The number of amides is 1. The van der Waals surface area contributed by atoms with Crippen LogP contribution >= 0.6 is 15.9 Å². The zero-order chi connectivity index (χ0) is 17.5. The van der Waals surface area contributed by atoms with Crippen molar-refractivity contribution in [3.8, 4) is 17.4 Å². The lowest BCUT2D eigenvalue weighted by Crippen LogP contribution is -2.23. The number of aromatic nitrogens is 1. The lowest BCUT2D eigenvalue weighted by Gasteiger charge is -2.13. The van der Waals surface area contributed by atoms with Crippen LogP contribution in [0.5, 0.6) is 17.4 Å². The first-order valence-corrected chi connectivity index (χ1v) is 8.15. The van der Waals surface area contributed by atoms with E-state index in [-0.39, 0.29) is 5.91 Å². The summed E-state index contributed by atoms with van der Waals surface area (Å²) in [6.07, 6.45) is 1.66. The number of halogens is 1. The van der Waals surface area contributed by atoms with Gasteiger partial charge in [0.2, 0.25) is 5.88 Å². The van der Waals surface area contributed by atoms with E-state index >= 15 is 0 Å². The third-order valence-corrected chi connectivity index (χ3v) is 3.83. The summed E-state index contributed by atoms with van der Waals surface area (Å²) in [4.78, 5) is 16.5. The molecule has 0 saturated carbocycles. The fourth-order valence-electron chi connectivity index (χ4n) is 2.06. The summed E-state index contributed by atoms with van der Waals surface area (Å²) < 4.78 is 16.5. The van der Waals surface area contributed by atoms with Gasteiger partial charge in [-0.3, -0.25) is 4.79 Å². The van der Waals surface area contributed by atoms with Gasteiger partial charge in [-0.15, -0.1) is 0 Å². The van der Waals surface area contributed by atoms with E-state index in [1.54, 1.807) is 31.5 Å². The van der Waals surface area contributed by atoms with E-state index in [2.05, 4.69) is 26.2 Å². The van der Waals surface area contributed by atoms with Crippen LogP contribution in [0.25, 0.3) is 0 Å². The molecule has 2 aromatic rings. The van der Waals surface area contributed by atoms with Crippen molar-refractivity contribution in [2.45, 2.75) is 13.5 Å². The molecule has 7 heteroatoms. The monoisotopic (exact) mass is 394 g/mol. The van der Waals surface area contributed by atoms with Crippen molar-refractivity contribution in [2.24, 2.45) is 0 Å². The standard InChI is InChI=1S/C17H19BrN2O4/c1-4-24-16-13(18)7-12(8-14(16)22-2)17(21)20-10-11-5-6-15(23-3)19-9-11/h5-9H,4,10H2,1-3H3,(H,20,21). The van der Waals surface area contributed by atoms with Gasteiger partial charge in [0.25, 0.3) is 5.91 Å². The van der Waals surface area contributed by atoms with Crippen LogP contribution in [0.3, 0.4) is 0 Å². The van der Waals surface area contributed by atoms with Crippen molar-refractivity contribution in [2.75, 3.05) is 20.8 Å². The van der Waals surface area contributed by atoms with Crippen LogP contribution in [-0.4, -0.2) is 31.7 Å². The molecule has 0 radical (unpaired) electrons. The van der Waals surface area contributed by atoms with E-state index in [0.29, 0.717) is 40.6 Å². The predicted molar refractivity (Wildman–Crippen MR) is 93.8 cm³/mol. The fraction of sp³-hybridized carbons (Fsp3) is 0.294. The van der Waals surface area contributed by atoms with Crippen LogP contribution in [0, 0.1) is 0 Å². The Labute approximate surface area is 149 Å². The van der Waals surface area contributed by atoms with Gasteiger partial charge < -0.3 is 19.5 Å². The van der Waals surface area contributed by atoms with E-state index in [9.17, 15) is 4.79 Å². The van der Waals surface area contributed by atoms with Crippen molar-refractivity contribution in [1.82, 2.24) is 10.3 Å². The normalized spacial score (nSPS) is 10.2. The van der Waals surface area contributed by atoms with Crippen molar-refractivity contribution in [3.63, 3.8) is 0 Å². The van der Waals surface area contributed by atoms with Crippen molar-refractivity contribution >= 4 is 21.8 Å². The summed E-state index contributed by atoms with van der Waals surface area (Å²) in [5.41, 5.74) is 1.35. The third kappa shape index (κ3) is 4.38. The number of methoxy groups -OCH3 is 2. The topological polar surface area (TPSA) is 69.7 Å². The van der Waals surface area contributed by atoms with Gasteiger partial charge in [-0.25, -0.2) is 4.98 Å². The second kappa shape index (κ2) is 8.54. The first kappa shape index (κ1) is 18.1. The summed E-state index contributed by atoms with van der Waals surface area (Å²) in [7, 11) is 3.09. The molecule has 24 heavy (non-hydrogen) atoms. The Morgan fingerprint density at radius 3 is 2.62 bits per heavy atom. The molecular weight excluding hydrogens is 376 g/mol. The molecule has 0 spiro atoms. The van der Waals surface area contributed by atoms with Gasteiger partial charge in [-0.1, -0.05) is 6.07 Å². The number of hydrogen-bond donors (Lipinski definition) is 1. The number of nitrogens with one attached hydrogen (secondary N) is 1. The zero-order valence-corrected chi connectivity index (χ0v) is 15.3. The van der Waals surface area contributed by atoms with E-state index in [1.165, 1.54) is 7.11 Å². The van der Waals surface area contributed by atoms with Gasteiger partial charge in [-0.2, -0.15) is 0 Å². The Morgan fingerprint density at radius 2 is 2.04 bits per heavy atom. The number of benzene rings is 1. The fourth-order valence-corrected chi connectivity index (χ4v) is 2.61. The Morgan fingerprint density at radius 1 is 1.25 bits per heavy atom. The number of rotatable bonds is 7. The number of pyridine rings is 1. The van der Waals surface area contributed by atoms with Crippen LogP contribution < -0.4 is 19.5 Å². The number of carbonyl (C=O) groups excluding carboxylic acids is 1. The first-order chi connectivity index (χ1) is 11.6. The van der Waals surface area contributed by atoms with E-state index in [0.717, 1.165) is 5.56 Å². The lowest BCUT2D eigenvalue weighted by atomic mass is 10.2. The minimum Gasteiger partial charge on any atom is -0.493 e. The molecule has 6 nitrogen and oxygen atoms in total. The Kier molecular flexibility index (Phi) is 6.43. The number of carbonyl (C=O) groups is 1. The molecule has 1 N–H and O–H groups in total. The highest BCUT2D eigenvalue weighted by molar-refractivity contribution is 9.10. The van der Waals surface area contributed by atoms with Crippen molar-refractivity contribution in [3.05, 3.63) is 46.1 Å². The zero-order valence-electron chi connectivity index (χ0n) is 13.8. The Hall–Kier alpha value is -2.28. The summed E-state index contributed by atoms with van der Waals surface area (Å²) in [5, 5.41) is 2.85. The summed E-state index contributed by atoms with van der Waals surface area (Å²) in [6, 6.07) is 6.95. The van der Waals surface area contributed by atoms with E-state index in [4.69, 9.17) is 14.2 Å². The average Bonchev–Trinajstić information content (AvgIpc) is 2.61. The maximum absolute atomic E-state index is 12.4. The smallest absolute Gasteiger partial charge is 0.251 e. The van der Waals surface area contributed by atoms with Gasteiger partial charge in [-0.05, 0) is 40.5 Å². The van der Waals surface area contributed by atoms with Crippen LogP contribution in [0.15, 0.2) is 34.9 Å². The number of hydrogen-bond acceptors (Lipinski definition) is 5. The Bertz CT molecular complexity index is 704. The van der Waals surface area contributed by atoms with Gasteiger partial charge in [0, 0.05) is 24.4 Å². The molecule has 0 unspecified atom stereocenters. The SMILES string of the molecule is CCOc1c(Br)cc(C(=O)NCc2ccc(OC)nc2)cc1OC. The molecule has 0 atom stereocenters. The molecule has 1 aromatic heterocycles. The van der Waals surface area contributed by atoms with Gasteiger partial charge in [0.1, 0.15) is 0 Å². The van der Waals surface area contributed by atoms with Gasteiger partial charge in [0.15, 0.2) is 11.5 Å². The molecule has 1 heterocycles. The summed E-state index contributed by atoms with van der Waals surface area (Å²) in [6.45, 7) is 2.75. The Balaban J connectivity index is 2.09. The van der Waals surface area contributed by atoms with Crippen LogP contribution in [0.2, 0.25) is 0 Å². The molecule has 0 aliphatic rings. The first-order valence-electron chi connectivity index (χ1n) is 7.36. The van der Waals surface area contributed by atoms with Crippen molar-refractivity contribution < 1.29 is 19.0 Å². The molecule has 0 aliphatic heterocycles. The third-order valence-electron chi connectivity index (χ3n) is 3.24. The van der Waals surface area contributed by atoms with Gasteiger partial charge >= 0.3 is 0 Å². The summed E-state index contributed by atoms with van der Waals surface area (Å²) in [5.74, 6) is 1.40. The molecule has 0 fully saturated rings. The highest BCUT2D eigenvalue weighted by atomic mass is 79.9. The minimum absolute atomic E-state index is 0.215. The lowest BCUT2D eigenvalue weighted by molar-refractivity contribution is 0.0950. The maximum Gasteiger partial charge on any atom is 0.251 e. The van der Waals surface area contributed by atoms with Crippen LogP contribution in [0.4, 0.5) is 0 Å². The van der Waals surface area contributed by atoms with Gasteiger partial charge in [0.05, 0.1) is 25.3 Å². The highest BCUT2D eigenvalue weighted by Crippen LogP contribution is 2.36. The minimum atomic E-state index is -0.215. The van der Waals surface area contributed by atoms with Crippen LogP contribution in [-0.2, 0) is 6.54 Å².